The SMILES string of the molecule is Cc1ccc([C@H]2[C@@H](NC(=O)c3ccc(F)cc3)C(=O)N/[N+]2=C\c2ccccc2)cc1. The summed E-state index contributed by atoms with van der Waals surface area (Å²) in [5, 5.41) is 2.81. The van der Waals surface area contributed by atoms with Gasteiger partial charge in [0.2, 0.25) is 12.3 Å². The zero-order valence-electron chi connectivity index (χ0n) is 16.4. The molecule has 2 N–H and O–H groups in total. The van der Waals surface area contributed by atoms with Gasteiger partial charge in [0, 0.05) is 16.7 Å². The van der Waals surface area contributed by atoms with E-state index in [-0.39, 0.29) is 11.5 Å². The van der Waals surface area contributed by atoms with E-state index in [4.69, 9.17) is 0 Å². The fourth-order valence-electron chi connectivity index (χ4n) is 3.47. The second kappa shape index (κ2) is 8.29. The first-order valence-corrected chi connectivity index (χ1v) is 9.63. The van der Waals surface area contributed by atoms with Crippen molar-refractivity contribution >= 4 is 18.0 Å². The number of aryl methyl sites for hydroxylation is 1. The van der Waals surface area contributed by atoms with Crippen LogP contribution in [0.25, 0.3) is 0 Å². The number of hydrazine groups is 1. The molecule has 1 aliphatic rings. The minimum atomic E-state index is -0.815. The molecule has 1 fully saturated rings. The van der Waals surface area contributed by atoms with Crippen molar-refractivity contribution in [1.82, 2.24) is 10.7 Å². The van der Waals surface area contributed by atoms with E-state index >= 15 is 0 Å². The van der Waals surface area contributed by atoms with Crippen LogP contribution in [0.3, 0.4) is 0 Å². The number of hydrazone groups is 1. The van der Waals surface area contributed by atoms with Gasteiger partial charge in [0.15, 0.2) is 6.04 Å². The van der Waals surface area contributed by atoms with Gasteiger partial charge in [-0.15, -0.1) is 10.1 Å². The van der Waals surface area contributed by atoms with Crippen LogP contribution in [0.5, 0.6) is 0 Å². The average Bonchev–Trinajstić information content (AvgIpc) is 3.04. The van der Waals surface area contributed by atoms with Gasteiger partial charge >= 0.3 is 5.91 Å². The highest BCUT2D eigenvalue weighted by atomic mass is 19.1. The molecular formula is C24H21FN3O2+. The minimum Gasteiger partial charge on any atom is -0.334 e. The van der Waals surface area contributed by atoms with Crippen molar-refractivity contribution in [1.29, 1.82) is 0 Å². The zero-order valence-corrected chi connectivity index (χ0v) is 16.4. The van der Waals surface area contributed by atoms with Crippen LogP contribution < -0.4 is 10.7 Å². The van der Waals surface area contributed by atoms with Gasteiger partial charge in [-0.3, -0.25) is 9.59 Å². The predicted octanol–water partition coefficient (Wildman–Crippen LogP) is 3.15. The molecular weight excluding hydrogens is 381 g/mol. The van der Waals surface area contributed by atoms with E-state index in [0.29, 0.717) is 0 Å². The molecule has 0 spiro atoms. The van der Waals surface area contributed by atoms with Crippen LogP contribution in [0.1, 0.15) is 33.1 Å². The van der Waals surface area contributed by atoms with Crippen molar-refractivity contribution in [2.75, 3.05) is 0 Å². The fourth-order valence-corrected chi connectivity index (χ4v) is 3.47. The monoisotopic (exact) mass is 402 g/mol. The van der Waals surface area contributed by atoms with Crippen molar-refractivity contribution in [3.63, 3.8) is 0 Å². The standard InChI is InChI=1S/C24H20FN3O2/c1-16-7-9-18(10-8-16)22-21(26-23(29)19-11-13-20(25)14-12-19)24(30)27-28(22)15-17-5-3-2-4-6-17/h2-15,21-22H,1H3,(H-,26,27,29,30)/p+1/b28-15-/t21-,22+/m1/s1. The Morgan fingerprint density at radius 3 is 2.33 bits per heavy atom. The Morgan fingerprint density at radius 1 is 1.00 bits per heavy atom. The van der Waals surface area contributed by atoms with Gasteiger partial charge in [0.25, 0.3) is 5.91 Å². The van der Waals surface area contributed by atoms with Gasteiger partial charge in [0.05, 0.1) is 0 Å². The van der Waals surface area contributed by atoms with Gasteiger partial charge in [-0.2, -0.15) is 0 Å². The minimum absolute atomic E-state index is 0.289. The molecule has 6 heteroatoms. The van der Waals surface area contributed by atoms with Gasteiger partial charge in [0.1, 0.15) is 5.82 Å². The Balaban J connectivity index is 1.69. The molecule has 2 amide bonds. The number of hydrogen-bond donors (Lipinski definition) is 2. The van der Waals surface area contributed by atoms with Gasteiger partial charge in [-0.1, -0.05) is 48.0 Å². The van der Waals surface area contributed by atoms with Crippen LogP contribution in [-0.2, 0) is 4.79 Å². The number of halogens is 1. The molecule has 1 heterocycles. The summed E-state index contributed by atoms with van der Waals surface area (Å²) in [5.41, 5.74) is 6.04. The van der Waals surface area contributed by atoms with Crippen LogP contribution in [-0.4, -0.2) is 28.8 Å². The highest BCUT2D eigenvalue weighted by Gasteiger charge is 2.47. The summed E-state index contributed by atoms with van der Waals surface area (Å²) in [5.74, 6) is -1.18. The van der Waals surface area contributed by atoms with E-state index in [1.165, 1.54) is 24.3 Å². The molecule has 0 aliphatic carbocycles. The summed E-state index contributed by atoms with van der Waals surface area (Å²) in [6.07, 6.45) is 1.84. The molecule has 1 aliphatic heterocycles. The van der Waals surface area contributed by atoms with E-state index in [0.717, 1.165) is 16.7 Å². The van der Waals surface area contributed by atoms with Crippen molar-refractivity contribution in [2.24, 2.45) is 0 Å². The highest BCUT2D eigenvalue weighted by Crippen LogP contribution is 2.26. The zero-order chi connectivity index (χ0) is 21.1. The second-order valence-corrected chi connectivity index (χ2v) is 7.24. The number of amides is 2. The Morgan fingerprint density at radius 2 is 1.67 bits per heavy atom. The number of benzene rings is 3. The normalized spacial score (nSPS) is 19.5. The molecule has 2 atom stereocenters. The summed E-state index contributed by atoms with van der Waals surface area (Å²) in [4.78, 5) is 25.5. The highest BCUT2D eigenvalue weighted by molar-refractivity contribution is 5.98. The summed E-state index contributed by atoms with van der Waals surface area (Å²) < 4.78 is 14.9. The van der Waals surface area contributed by atoms with E-state index < -0.39 is 23.8 Å². The Labute approximate surface area is 173 Å². The van der Waals surface area contributed by atoms with E-state index in [9.17, 15) is 14.0 Å². The van der Waals surface area contributed by atoms with Crippen LogP contribution in [0.2, 0.25) is 0 Å². The molecule has 3 aromatic rings. The maximum Gasteiger partial charge on any atom is 0.304 e. The van der Waals surface area contributed by atoms with Crippen LogP contribution in [0.4, 0.5) is 4.39 Å². The molecule has 0 bridgehead atoms. The first-order valence-electron chi connectivity index (χ1n) is 9.63. The third kappa shape index (κ3) is 4.12. The van der Waals surface area contributed by atoms with Gasteiger partial charge in [-0.25, -0.2) is 4.39 Å². The van der Waals surface area contributed by atoms with Crippen molar-refractivity contribution < 1.29 is 18.7 Å². The van der Waals surface area contributed by atoms with E-state index in [1.807, 2.05) is 67.7 Å². The maximum absolute atomic E-state index is 13.2. The molecule has 0 aromatic heterocycles. The smallest absolute Gasteiger partial charge is 0.304 e. The Hall–Kier alpha value is -3.80. The third-order valence-electron chi connectivity index (χ3n) is 5.04. The lowest BCUT2D eigenvalue weighted by Gasteiger charge is -2.15. The van der Waals surface area contributed by atoms with Crippen LogP contribution in [0.15, 0.2) is 78.9 Å². The summed E-state index contributed by atoms with van der Waals surface area (Å²) in [6, 6.07) is 21.4. The molecule has 150 valence electrons. The quantitative estimate of drug-likeness (QED) is 0.659. The second-order valence-electron chi connectivity index (χ2n) is 7.24. The largest absolute Gasteiger partial charge is 0.334 e. The van der Waals surface area contributed by atoms with Crippen LogP contribution >= 0.6 is 0 Å². The number of nitrogens with zero attached hydrogens (tertiary/aromatic N) is 1. The summed E-state index contributed by atoms with van der Waals surface area (Å²) in [6.45, 7) is 1.99. The number of hydrogen-bond acceptors (Lipinski definition) is 2. The van der Waals surface area contributed by atoms with Crippen molar-refractivity contribution in [3.8, 4) is 0 Å². The number of carbonyl (C=O) groups excluding carboxylic acids is 2. The fraction of sp³-hybridized carbons (Fsp3) is 0.125. The van der Waals surface area contributed by atoms with Crippen LogP contribution in [0, 0.1) is 12.7 Å². The topological polar surface area (TPSA) is 61.2 Å². The van der Waals surface area contributed by atoms with Crippen molar-refractivity contribution in [3.05, 3.63) is 107 Å². The van der Waals surface area contributed by atoms with Gasteiger partial charge < -0.3 is 5.32 Å². The maximum atomic E-state index is 13.2. The molecule has 30 heavy (non-hydrogen) atoms. The molecule has 0 radical (unpaired) electrons. The first-order chi connectivity index (χ1) is 14.5. The Bertz CT molecular complexity index is 1090. The Kier molecular flexibility index (Phi) is 5.39. The van der Waals surface area contributed by atoms with Gasteiger partial charge in [-0.05, 0) is 43.3 Å². The molecule has 0 saturated carbocycles. The lowest BCUT2D eigenvalue weighted by Crippen LogP contribution is -2.42. The number of nitrogens with one attached hydrogen (secondary N) is 2. The number of rotatable bonds is 4. The third-order valence-corrected chi connectivity index (χ3v) is 5.04. The summed E-state index contributed by atoms with van der Waals surface area (Å²) in [7, 11) is 0. The van der Waals surface area contributed by atoms with Crippen molar-refractivity contribution in [2.45, 2.75) is 19.0 Å². The van der Waals surface area contributed by atoms with E-state index in [1.54, 1.807) is 4.68 Å². The number of carbonyl (C=O) groups is 2. The average molecular weight is 402 g/mol. The molecule has 1 saturated heterocycles. The lowest BCUT2D eigenvalue weighted by molar-refractivity contribution is -0.596. The molecule has 4 rings (SSSR count). The first kappa shape index (κ1) is 19.5. The van der Waals surface area contributed by atoms with E-state index in [2.05, 4.69) is 10.7 Å². The molecule has 0 unspecified atom stereocenters. The molecule has 5 nitrogen and oxygen atoms in total. The predicted molar refractivity (Wildman–Crippen MR) is 112 cm³/mol. The molecule has 3 aromatic carbocycles. The lowest BCUT2D eigenvalue weighted by atomic mass is 9.98. The summed E-state index contributed by atoms with van der Waals surface area (Å²) >= 11 is 0.